The molecule has 17 heavy (non-hydrogen) atoms. The molecule has 3 nitrogen and oxygen atoms in total. The average molecular weight is 253 g/mol. The summed E-state index contributed by atoms with van der Waals surface area (Å²) in [7, 11) is 0. The lowest BCUT2D eigenvalue weighted by molar-refractivity contribution is 0.114. The molecule has 1 aromatic heterocycles. The molecule has 2 rings (SSSR count). The van der Waals surface area contributed by atoms with Gasteiger partial charge in [-0.15, -0.1) is 11.3 Å². The summed E-state index contributed by atoms with van der Waals surface area (Å²) in [4.78, 5) is 11.6. The van der Waals surface area contributed by atoms with Gasteiger partial charge in [-0.25, -0.2) is 4.79 Å². The Hall–Kier alpha value is -1.03. The molecule has 0 atom stereocenters. The summed E-state index contributed by atoms with van der Waals surface area (Å²) in [6.07, 6.45) is 4.18. The number of hydrogen-bond donors (Lipinski definition) is 1. The van der Waals surface area contributed by atoms with Crippen LogP contribution in [0.25, 0.3) is 0 Å². The molecule has 1 amide bonds. The topological polar surface area (TPSA) is 38.3 Å². The predicted molar refractivity (Wildman–Crippen MR) is 70.8 cm³/mol. The first-order chi connectivity index (χ1) is 8.15. The summed E-state index contributed by atoms with van der Waals surface area (Å²) >= 11 is 1.55. The number of hydrogen-bond acceptors (Lipinski definition) is 3. The number of amides is 1. The number of nitrogens with one attached hydrogen (secondary N) is 1. The zero-order chi connectivity index (χ0) is 12.3. The van der Waals surface area contributed by atoms with Gasteiger partial charge in [-0.1, -0.05) is 13.8 Å². The molecule has 0 aromatic carbocycles. The third-order valence-corrected chi connectivity index (χ3v) is 3.95. The van der Waals surface area contributed by atoms with E-state index in [1.807, 2.05) is 6.07 Å². The summed E-state index contributed by atoms with van der Waals surface area (Å²) in [5.41, 5.74) is 1.26. The van der Waals surface area contributed by atoms with Gasteiger partial charge in [-0.3, -0.25) is 5.32 Å². The van der Waals surface area contributed by atoms with Gasteiger partial charge in [-0.05, 0) is 48.6 Å². The van der Waals surface area contributed by atoms with Crippen molar-refractivity contribution in [1.29, 1.82) is 0 Å². The van der Waals surface area contributed by atoms with Gasteiger partial charge >= 0.3 is 6.09 Å². The Morgan fingerprint density at radius 1 is 1.47 bits per heavy atom. The summed E-state index contributed by atoms with van der Waals surface area (Å²) in [6, 6.07) is 2.02. The second kappa shape index (κ2) is 5.54. The van der Waals surface area contributed by atoms with E-state index < -0.39 is 0 Å². The molecule has 0 radical (unpaired) electrons. The number of anilines is 1. The summed E-state index contributed by atoms with van der Waals surface area (Å²) in [5, 5.41) is 5.75. The van der Waals surface area contributed by atoms with E-state index in [1.165, 1.54) is 18.4 Å². The van der Waals surface area contributed by atoms with E-state index in [0.29, 0.717) is 5.92 Å². The SMILES string of the molecule is CC(C)c1csc(NC(=O)OC2CCCC2)c1. The van der Waals surface area contributed by atoms with Gasteiger partial charge in [-0.2, -0.15) is 0 Å². The minimum atomic E-state index is -0.311. The van der Waals surface area contributed by atoms with Crippen molar-refractivity contribution in [3.8, 4) is 0 Å². The molecule has 4 heteroatoms. The standard InChI is InChI=1S/C13H19NO2S/c1-9(2)10-7-12(17-8-10)14-13(15)16-11-5-3-4-6-11/h7-9,11H,3-6H2,1-2H3,(H,14,15). The maximum absolute atomic E-state index is 11.6. The lowest BCUT2D eigenvalue weighted by Crippen LogP contribution is -2.19. The van der Waals surface area contributed by atoms with E-state index in [2.05, 4.69) is 24.5 Å². The third kappa shape index (κ3) is 3.46. The second-order valence-corrected chi connectivity index (χ2v) is 5.75. The highest BCUT2D eigenvalue weighted by molar-refractivity contribution is 7.14. The number of carbonyl (C=O) groups excluding carboxylic acids is 1. The van der Waals surface area contributed by atoms with E-state index in [-0.39, 0.29) is 12.2 Å². The molecule has 0 unspecified atom stereocenters. The van der Waals surface area contributed by atoms with Crippen molar-refractivity contribution in [3.63, 3.8) is 0 Å². The highest BCUT2D eigenvalue weighted by atomic mass is 32.1. The van der Waals surface area contributed by atoms with Crippen LogP contribution in [0.5, 0.6) is 0 Å². The van der Waals surface area contributed by atoms with Gasteiger partial charge in [0.15, 0.2) is 0 Å². The Balaban J connectivity index is 1.84. The molecule has 1 aliphatic rings. The van der Waals surface area contributed by atoms with Crippen molar-refractivity contribution < 1.29 is 9.53 Å². The molecule has 1 fully saturated rings. The first-order valence-electron chi connectivity index (χ1n) is 6.21. The lowest BCUT2D eigenvalue weighted by Gasteiger charge is -2.11. The molecule has 94 valence electrons. The molecule has 1 aliphatic carbocycles. The van der Waals surface area contributed by atoms with Crippen molar-refractivity contribution >= 4 is 22.4 Å². The van der Waals surface area contributed by atoms with Crippen molar-refractivity contribution in [3.05, 3.63) is 17.0 Å². The normalized spacial score (nSPS) is 16.4. The van der Waals surface area contributed by atoms with E-state index in [9.17, 15) is 4.79 Å². The van der Waals surface area contributed by atoms with Crippen molar-refractivity contribution in [1.82, 2.24) is 0 Å². The minimum Gasteiger partial charge on any atom is -0.446 e. The molecule has 0 bridgehead atoms. The van der Waals surface area contributed by atoms with Crippen LogP contribution in [-0.2, 0) is 4.74 Å². The molecular weight excluding hydrogens is 234 g/mol. The van der Waals surface area contributed by atoms with Gasteiger partial charge in [0.1, 0.15) is 6.10 Å². The number of ether oxygens (including phenoxy) is 1. The van der Waals surface area contributed by atoms with Crippen molar-refractivity contribution in [2.45, 2.75) is 51.6 Å². The van der Waals surface area contributed by atoms with Crippen LogP contribution in [0, 0.1) is 0 Å². The van der Waals surface area contributed by atoms with Crippen LogP contribution in [0.4, 0.5) is 9.80 Å². The van der Waals surface area contributed by atoms with E-state index in [1.54, 1.807) is 11.3 Å². The molecule has 0 aliphatic heterocycles. The summed E-state index contributed by atoms with van der Waals surface area (Å²) in [6.45, 7) is 4.28. The van der Waals surface area contributed by atoms with Crippen LogP contribution in [0.2, 0.25) is 0 Å². The molecule has 1 N–H and O–H groups in total. The number of rotatable bonds is 3. The lowest BCUT2D eigenvalue weighted by atomic mass is 10.1. The Morgan fingerprint density at radius 2 is 2.18 bits per heavy atom. The average Bonchev–Trinajstić information content (AvgIpc) is 2.88. The van der Waals surface area contributed by atoms with Crippen LogP contribution < -0.4 is 5.32 Å². The molecule has 0 spiro atoms. The zero-order valence-corrected chi connectivity index (χ0v) is 11.2. The first-order valence-corrected chi connectivity index (χ1v) is 7.09. The molecular formula is C13H19NO2S. The van der Waals surface area contributed by atoms with Crippen LogP contribution in [-0.4, -0.2) is 12.2 Å². The van der Waals surface area contributed by atoms with Gasteiger partial charge in [0.2, 0.25) is 0 Å². The fraction of sp³-hybridized carbons (Fsp3) is 0.615. The Labute approximate surface area is 106 Å². The van der Waals surface area contributed by atoms with Gasteiger partial charge in [0.25, 0.3) is 0 Å². The first kappa shape index (κ1) is 12.4. The fourth-order valence-corrected chi connectivity index (χ4v) is 2.96. The van der Waals surface area contributed by atoms with Gasteiger partial charge in [0, 0.05) is 0 Å². The molecule has 0 saturated heterocycles. The maximum Gasteiger partial charge on any atom is 0.412 e. The summed E-state index contributed by atoms with van der Waals surface area (Å²) in [5.74, 6) is 0.493. The second-order valence-electron chi connectivity index (χ2n) is 4.84. The van der Waals surface area contributed by atoms with E-state index in [4.69, 9.17) is 4.74 Å². The van der Waals surface area contributed by atoms with E-state index >= 15 is 0 Å². The molecule has 1 heterocycles. The fourth-order valence-electron chi connectivity index (χ4n) is 2.01. The Bertz CT molecular complexity index is 381. The zero-order valence-electron chi connectivity index (χ0n) is 10.4. The highest BCUT2D eigenvalue weighted by Gasteiger charge is 2.19. The van der Waals surface area contributed by atoms with Crippen molar-refractivity contribution in [2.24, 2.45) is 0 Å². The summed E-state index contributed by atoms with van der Waals surface area (Å²) < 4.78 is 5.34. The largest absolute Gasteiger partial charge is 0.446 e. The van der Waals surface area contributed by atoms with Crippen LogP contribution in [0.1, 0.15) is 51.0 Å². The van der Waals surface area contributed by atoms with Crippen LogP contribution >= 0.6 is 11.3 Å². The Morgan fingerprint density at radius 3 is 2.76 bits per heavy atom. The minimum absolute atomic E-state index is 0.125. The molecule has 1 aromatic rings. The van der Waals surface area contributed by atoms with Crippen molar-refractivity contribution in [2.75, 3.05) is 5.32 Å². The quantitative estimate of drug-likeness (QED) is 0.869. The Kier molecular flexibility index (Phi) is 4.05. The van der Waals surface area contributed by atoms with Crippen LogP contribution in [0.3, 0.4) is 0 Å². The van der Waals surface area contributed by atoms with Gasteiger partial charge < -0.3 is 4.74 Å². The monoisotopic (exact) mass is 253 g/mol. The maximum atomic E-state index is 11.6. The molecule has 1 saturated carbocycles. The smallest absolute Gasteiger partial charge is 0.412 e. The van der Waals surface area contributed by atoms with E-state index in [0.717, 1.165) is 17.8 Å². The van der Waals surface area contributed by atoms with Gasteiger partial charge in [0.05, 0.1) is 5.00 Å². The highest BCUT2D eigenvalue weighted by Crippen LogP contribution is 2.27. The third-order valence-electron chi connectivity index (χ3n) is 3.09. The number of carbonyl (C=O) groups is 1. The number of thiophene rings is 1. The predicted octanol–water partition coefficient (Wildman–Crippen LogP) is 4.36. The van der Waals surface area contributed by atoms with Crippen LogP contribution in [0.15, 0.2) is 11.4 Å².